The molecule has 0 saturated carbocycles. The second kappa shape index (κ2) is 4.77. The quantitative estimate of drug-likeness (QED) is 0.751. The number of hydrogen-bond donors (Lipinski definition) is 1. The molecule has 2 rings (SSSR count). The molecule has 0 bridgehead atoms. The topological polar surface area (TPSA) is 23.9 Å². The van der Waals surface area contributed by atoms with Crippen molar-refractivity contribution < 1.29 is 0 Å². The smallest absolute Gasteiger partial charge is 0.0690 e. The van der Waals surface area contributed by atoms with E-state index in [0.29, 0.717) is 5.71 Å². The van der Waals surface area contributed by atoms with Crippen molar-refractivity contribution in [2.24, 2.45) is 0 Å². The van der Waals surface area contributed by atoms with Crippen LogP contribution < -0.4 is 0 Å². The molecule has 92 valence electrons. The first kappa shape index (κ1) is 12.6. The summed E-state index contributed by atoms with van der Waals surface area (Å²) in [5, 5.41) is 8.45. The maximum absolute atomic E-state index is 8.45. The number of rotatable bonds is 2. The number of nitrogens with one attached hydrogen (secondary N) is 1. The molecule has 18 heavy (non-hydrogen) atoms. The average Bonchev–Trinajstić information content (AvgIpc) is 2.37. The lowest BCUT2D eigenvalue weighted by molar-refractivity contribution is 1.22. The molecule has 0 amide bonds. The van der Waals surface area contributed by atoms with Gasteiger partial charge in [-0.05, 0) is 49.9 Å². The summed E-state index contributed by atoms with van der Waals surface area (Å²) < 4.78 is 0. The maximum atomic E-state index is 8.45. The predicted molar refractivity (Wildman–Crippen MR) is 77.8 cm³/mol. The van der Waals surface area contributed by atoms with E-state index in [9.17, 15) is 0 Å². The van der Waals surface area contributed by atoms with Crippen LogP contribution in [-0.4, -0.2) is 5.71 Å². The molecule has 0 aromatic heterocycles. The normalized spacial score (nSPS) is 10.4. The molecule has 0 saturated heterocycles. The Morgan fingerprint density at radius 3 is 1.83 bits per heavy atom. The Morgan fingerprint density at radius 2 is 1.33 bits per heavy atom. The molecule has 1 N–H and O–H groups in total. The van der Waals surface area contributed by atoms with Crippen LogP contribution in [0.15, 0.2) is 36.4 Å². The third-order valence-corrected chi connectivity index (χ3v) is 3.68. The largest absolute Gasteiger partial charge is 0.300 e. The molecule has 0 unspecified atom stereocenters. The molecule has 0 aliphatic heterocycles. The van der Waals surface area contributed by atoms with Crippen molar-refractivity contribution in [2.75, 3.05) is 0 Å². The van der Waals surface area contributed by atoms with Gasteiger partial charge in [-0.3, -0.25) is 5.41 Å². The van der Waals surface area contributed by atoms with E-state index in [2.05, 4.69) is 33.8 Å². The lowest BCUT2D eigenvalue weighted by atomic mass is 9.89. The molecule has 0 atom stereocenters. The first-order valence-electron chi connectivity index (χ1n) is 6.24. The van der Waals surface area contributed by atoms with Gasteiger partial charge in [0.15, 0.2) is 0 Å². The fraction of sp³-hybridized carbons (Fsp3) is 0.235. The first-order valence-corrected chi connectivity index (χ1v) is 6.24. The van der Waals surface area contributed by atoms with E-state index in [0.717, 1.165) is 11.1 Å². The van der Waals surface area contributed by atoms with Gasteiger partial charge in [0.05, 0.1) is 5.71 Å². The van der Waals surface area contributed by atoms with Crippen molar-refractivity contribution in [2.45, 2.75) is 27.7 Å². The Kier molecular flexibility index (Phi) is 3.33. The summed E-state index contributed by atoms with van der Waals surface area (Å²) in [6, 6.07) is 12.1. The van der Waals surface area contributed by atoms with Gasteiger partial charge in [-0.1, -0.05) is 36.4 Å². The summed E-state index contributed by atoms with van der Waals surface area (Å²) in [5.41, 5.74) is 7.63. The zero-order chi connectivity index (χ0) is 13.3. The SMILES string of the molecule is Cc1cc(C)c(C)c(C(=N)c2ccccc2)c1C. The molecule has 0 heterocycles. The van der Waals surface area contributed by atoms with Crippen molar-refractivity contribution in [1.82, 2.24) is 0 Å². The molecular formula is C17H19N. The molecule has 0 aliphatic carbocycles. The molecule has 1 nitrogen and oxygen atoms in total. The highest BCUT2D eigenvalue weighted by atomic mass is 14.4. The van der Waals surface area contributed by atoms with Gasteiger partial charge in [-0.2, -0.15) is 0 Å². The highest BCUT2D eigenvalue weighted by Gasteiger charge is 2.13. The van der Waals surface area contributed by atoms with Gasteiger partial charge in [0.1, 0.15) is 0 Å². The van der Waals surface area contributed by atoms with Crippen LogP contribution in [-0.2, 0) is 0 Å². The van der Waals surface area contributed by atoms with Crippen molar-refractivity contribution in [3.63, 3.8) is 0 Å². The summed E-state index contributed by atoms with van der Waals surface area (Å²) in [6.45, 7) is 8.44. The third kappa shape index (κ3) is 2.08. The van der Waals surface area contributed by atoms with Gasteiger partial charge in [-0.15, -0.1) is 0 Å². The lowest BCUT2D eigenvalue weighted by Gasteiger charge is -2.16. The Balaban J connectivity index is 2.62. The maximum Gasteiger partial charge on any atom is 0.0690 e. The minimum Gasteiger partial charge on any atom is -0.300 e. The van der Waals surface area contributed by atoms with E-state index in [1.54, 1.807) is 0 Å². The van der Waals surface area contributed by atoms with Crippen LogP contribution >= 0.6 is 0 Å². The van der Waals surface area contributed by atoms with Crippen LogP contribution in [0.5, 0.6) is 0 Å². The van der Waals surface area contributed by atoms with Crippen molar-refractivity contribution in [3.05, 3.63) is 69.8 Å². The van der Waals surface area contributed by atoms with Gasteiger partial charge in [-0.25, -0.2) is 0 Å². The molecule has 0 fully saturated rings. The van der Waals surface area contributed by atoms with E-state index < -0.39 is 0 Å². The van der Waals surface area contributed by atoms with E-state index in [-0.39, 0.29) is 0 Å². The van der Waals surface area contributed by atoms with Gasteiger partial charge in [0.25, 0.3) is 0 Å². The van der Waals surface area contributed by atoms with Crippen LogP contribution in [0, 0.1) is 33.1 Å². The average molecular weight is 237 g/mol. The molecule has 1 heteroatoms. The van der Waals surface area contributed by atoms with Crippen LogP contribution in [0.25, 0.3) is 0 Å². The number of hydrogen-bond acceptors (Lipinski definition) is 1. The highest BCUT2D eigenvalue weighted by molar-refractivity contribution is 6.12. The molecule has 2 aromatic rings. The van der Waals surface area contributed by atoms with Crippen LogP contribution in [0.3, 0.4) is 0 Å². The molecular weight excluding hydrogens is 218 g/mol. The first-order chi connectivity index (χ1) is 8.52. The van der Waals surface area contributed by atoms with E-state index in [1.807, 2.05) is 30.3 Å². The number of benzene rings is 2. The minimum absolute atomic E-state index is 0.623. The molecule has 0 radical (unpaired) electrons. The monoisotopic (exact) mass is 237 g/mol. The van der Waals surface area contributed by atoms with Crippen LogP contribution in [0.4, 0.5) is 0 Å². The van der Waals surface area contributed by atoms with Crippen LogP contribution in [0.1, 0.15) is 33.4 Å². The minimum atomic E-state index is 0.623. The Bertz CT molecular complexity index is 569. The Labute approximate surface area is 109 Å². The third-order valence-electron chi connectivity index (χ3n) is 3.68. The van der Waals surface area contributed by atoms with Crippen molar-refractivity contribution >= 4 is 5.71 Å². The summed E-state index contributed by atoms with van der Waals surface area (Å²) in [4.78, 5) is 0. The second-order valence-corrected chi connectivity index (χ2v) is 4.88. The second-order valence-electron chi connectivity index (χ2n) is 4.88. The predicted octanol–water partition coefficient (Wildman–Crippen LogP) is 4.34. The number of aryl methyl sites for hydroxylation is 2. The van der Waals surface area contributed by atoms with Crippen molar-refractivity contribution in [1.29, 1.82) is 5.41 Å². The lowest BCUT2D eigenvalue weighted by Crippen LogP contribution is -2.08. The van der Waals surface area contributed by atoms with E-state index >= 15 is 0 Å². The molecule has 0 spiro atoms. The summed E-state index contributed by atoms with van der Waals surface area (Å²) >= 11 is 0. The Hall–Kier alpha value is -1.89. The zero-order valence-corrected chi connectivity index (χ0v) is 11.5. The fourth-order valence-corrected chi connectivity index (χ4v) is 2.34. The van der Waals surface area contributed by atoms with Gasteiger partial charge >= 0.3 is 0 Å². The zero-order valence-electron chi connectivity index (χ0n) is 11.5. The van der Waals surface area contributed by atoms with Crippen molar-refractivity contribution in [3.8, 4) is 0 Å². The standard InChI is InChI=1S/C17H19N/c1-11-10-12(2)14(4)16(13(11)3)17(18)15-8-6-5-7-9-15/h5-10,18H,1-4H3. The van der Waals surface area contributed by atoms with Crippen LogP contribution in [0.2, 0.25) is 0 Å². The highest BCUT2D eigenvalue weighted by Crippen LogP contribution is 2.24. The summed E-state index contributed by atoms with van der Waals surface area (Å²) in [6.07, 6.45) is 0. The van der Waals surface area contributed by atoms with E-state index in [1.165, 1.54) is 22.3 Å². The van der Waals surface area contributed by atoms with E-state index in [4.69, 9.17) is 5.41 Å². The summed E-state index contributed by atoms with van der Waals surface area (Å²) in [7, 11) is 0. The Morgan fingerprint density at radius 1 is 0.833 bits per heavy atom. The molecule has 2 aromatic carbocycles. The summed E-state index contributed by atoms with van der Waals surface area (Å²) in [5.74, 6) is 0. The molecule has 0 aliphatic rings. The van der Waals surface area contributed by atoms with Gasteiger partial charge in [0.2, 0.25) is 0 Å². The fourth-order valence-electron chi connectivity index (χ4n) is 2.34. The van der Waals surface area contributed by atoms with Gasteiger partial charge in [0, 0.05) is 11.1 Å². The van der Waals surface area contributed by atoms with Gasteiger partial charge < -0.3 is 0 Å².